The van der Waals surface area contributed by atoms with Crippen molar-refractivity contribution >= 4 is 33.9 Å². The Morgan fingerprint density at radius 2 is 1.80 bits per heavy atom. The number of nitrogens with zero attached hydrogens (tertiary/aromatic N) is 1. The van der Waals surface area contributed by atoms with Crippen molar-refractivity contribution in [1.29, 1.82) is 10.8 Å². The Morgan fingerprint density at radius 3 is 2.40 bits per heavy atom. The molecule has 0 radical (unpaired) electrons. The number of amidine groups is 2. The maximum atomic E-state index is 7.58. The minimum Gasteiger partial charge on any atom is -0.379 e. The molecular weight excluding hydrogens is 352 g/mol. The molecule has 0 spiro atoms. The number of benzene rings is 1. The van der Waals surface area contributed by atoms with Crippen molar-refractivity contribution in [3.8, 4) is 0 Å². The van der Waals surface area contributed by atoms with E-state index in [1.807, 2.05) is 6.20 Å². The summed E-state index contributed by atoms with van der Waals surface area (Å²) in [5.74, 6) is 1.79. The minimum absolute atomic E-state index is 0.155. The molecule has 134 valence electrons. The Kier molecular flexibility index (Phi) is 7.87. The second kappa shape index (κ2) is 10.1. The highest BCUT2D eigenvalue weighted by Crippen LogP contribution is 2.21. The summed E-state index contributed by atoms with van der Waals surface area (Å²) in [6.45, 7) is 0. The number of nitrogens with one attached hydrogen (secondary N) is 3. The van der Waals surface area contributed by atoms with Crippen molar-refractivity contribution in [2.24, 2.45) is 11.5 Å². The van der Waals surface area contributed by atoms with E-state index in [1.165, 1.54) is 34.7 Å². The first-order valence-corrected chi connectivity index (χ1v) is 9.93. The fraction of sp³-hybridized carbons (Fsp3) is 0.353. The molecule has 0 saturated carbocycles. The Bertz CT molecular complexity index is 669. The van der Waals surface area contributed by atoms with Crippen LogP contribution in [-0.2, 0) is 19.3 Å². The maximum Gasteiger partial charge on any atom is 0.151 e. The van der Waals surface area contributed by atoms with Gasteiger partial charge < -0.3 is 16.5 Å². The number of thioether (sulfide) groups is 2. The zero-order chi connectivity index (χ0) is 18.1. The smallest absolute Gasteiger partial charge is 0.151 e. The molecule has 1 aromatic heterocycles. The van der Waals surface area contributed by atoms with Gasteiger partial charge in [0.25, 0.3) is 0 Å². The van der Waals surface area contributed by atoms with Gasteiger partial charge in [-0.15, -0.1) is 0 Å². The number of nitrogens with two attached hydrogens (primary N) is 2. The number of hydrogen-bond acceptors (Lipinski definition) is 5. The van der Waals surface area contributed by atoms with E-state index in [2.05, 4.69) is 34.2 Å². The largest absolute Gasteiger partial charge is 0.379 e. The van der Waals surface area contributed by atoms with Crippen LogP contribution in [0.2, 0.25) is 0 Å². The first kappa shape index (κ1) is 19.4. The zero-order valence-corrected chi connectivity index (χ0v) is 15.6. The van der Waals surface area contributed by atoms with Crippen LogP contribution >= 0.6 is 23.5 Å². The van der Waals surface area contributed by atoms with Gasteiger partial charge in [-0.1, -0.05) is 47.8 Å². The van der Waals surface area contributed by atoms with Crippen LogP contribution in [0.4, 0.5) is 0 Å². The molecule has 1 heterocycles. The van der Waals surface area contributed by atoms with E-state index in [0.717, 1.165) is 37.3 Å². The molecule has 0 fully saturated rings. The van der Waals surface area contributed by atoms with Crippen LogP contribution in [0.5, 0.6) is 0 Å². The van der Waals surface area contributed by atoms with Crippen LogP contribution < -0.4 is 11.5 Å². The van der Waals surface area contributed by atoms with Gasteiger partial charge >= 0.3 is 0 Å². The molecule has 0 aliphatic carbocycles. The number of aryl methyl sites for hydroxylation is 2. The van der Waals surface area contributed by atoms with Gasteiger partial charge in [0, 0.05) is 29.8 Å². The van der Waals surface area contributed by atoms with Gasteiger partial charge in [-0.05, 0) is 30.4 Å². The summed E-state index contributed by atoms with van der Waals surface area (Å²) in [6.07, 6.45) is 7.10. The van der Waals surface area contributed by atoms with Crippen molar-refractivity contribution < 1.29 is 0 Å². The van der Waals surface area contributed by atoms with Gasteiger partial charge in [0.15, 0.2) is 10.3 Å². The van der Waals surface area contributed by atoms with Gasteiger partial charge in [-0.25, -0.2) is 4.98 Å². The topological polar surface area (TPSA) is 128 Å². The Morgan fingerprint density at radius 1 is 1.08 bits per heavy atom. The molecule has 0 aliphatic heterocycles. The molecule has 0 saturated heterocycles. The molecular formula is C17H24N6S2. The molecule has 7 N–H and O–H groups in total. The summed E-state index contributed by atoms with van der Waals surface area (Å²) in [5.41, 5.74) is 13.4. The molecule has 2 rings (SSSR count). The average Bonchev–Trinajstić information content (AvgIpc) is 3.07. The Hall–Kier alpha value is -1.93. The summed E-state index contributed by atoms with van der Waals surface area (Å²) in [7, 11) is 0. The normalized spacial score (nSPS) is 12.0. The molecule has 6 nitrogen and oxygen atoms in total. The van der Waals surface area contributed by atoms with Gasteiger partial charge in [-0.3, -0.25) is 10.8 Å². The first-order chi connectivity index (χ1) is 12.0. The summed E-state index contributed by atoms with van der Waals surface area (Å²) in [6, 6.07) is 8.51. The van der Waals surface area contributed by atoms with Crippen LogP contribution in [-0.4, -0.2) is 31.3 Å². The summed E-state index contributed by atoms with van der Waals surface area (Å²) in [5, 5.41) is 15.4. The lowest BCUT2D eigenvalue weighted by molar-refractivity contribution is 0.731. The van der Waals surface area contributed by atoms with E-state index in [4.69, 9.17) is 22.3 Å². The van der Waals surface area contributed by atoms with E-state index < -0.39 is 0 Å². The van der Waals surface area contributed by atoms with Gasteiger partial charge in [0.05, 0.1) is 0 Å². The van der Waals surface area contributed by atoms with Crippen LogP contribution in [0.3, 0.4) is 0 Å². The Labute approximate surface area is 156 Å². The lowest BCUT2D eigenvalue weighted by atomic mass is 10.0. The predicted molar refractivity (Wildman–Crippen MR) is 108 cm³/mol. The van der Waals surface area contributed by atoms with Crippen molar-refractivity contribution in [1.82, 2.24) is 9.97 Å². The molecule has 25 heavy (non-hydrogen) atoms. The monoisotopic (exact) mass is 376 g/mol. The molecule has 0 amide bonds. The van der Waals surface area contributed by atoms with Gasteiger partial charge in [-0.2, -0.15) is 0 Å². The van der Waals surface area contributed by atoms with Crippen LogP contribution in [0.15, 0.2) is 36.7 Å². The fourth-order valence-electron chi connectivity index (χ4n) is 2.50. The maximum absolute atomic E-state index is 7.58. The third kappa shape index (κ3) is 7.66. The van der Waals surface area contributed by atoms with E-state index in [9.17, 15) is 0 Å². The van der Waals surface area contributed by atoms with Crippen molar-refractivity contribution in [3.05, 3.63) is 53.6 Å². The summed E-state index contributed by atoms with van der Waals surface area (Å²) >= 11 is 2.78. The number of H-pyrrole nitrogens is 1. The quantitative estimate of drug-likeness (QED) is 0.339. The zero-order valence-electron chi connectivity index (χ0n) is 14.0. The number of aromatic nitrogens is 2. The highest BCUT2D eigenvalue weighted by molar-refractivity contribution is 8.14. The van der Waals surface area contributed by atoms with Crippen LogP contribution in [0.1, 0.15) is 23.4 Å². The highest BCUT2D eigenvalue weighted by Gasteiger charge is 2.13. The van der Waals surface area contributed by atoms with E-state index in [0.29, 0.717) is 0 Å². The van der Waals surface area contributed by atoms with E-state index >= 15 is 0 Å². The van der Waals surface area contributed by atoms with Crippen LogP contribution in [0, 0.1) is 10.8 Å². The lowest BCUT2D eigenvalue weighted by Gasteiger charge is -2.15. The van der Waals surface area contributed by atoms with Crippen molar-refractivity contribution in [3.63, 3.8) is 0 Å². The third-order valence-electron chi connectivity index (χ3n) is 3.69. The third-order valence-corrected chi connectivity index (χ3v) is 5.40. The SMILES string of the molecule is N=C(N)SCCc1ccc(C[C@@H](CCc2ncc[nH]2)SC(=N)N)cc1. The number of imidazole rings is 1. The number of rotatable bonds is 9. The van der Waals surface area contributed by atoms with Gasteiger partial charge in [0.2, 0.25) is 0 Å². The standard InChI is InChI=1S/C17H24N6S2/c18-16(19)24-10-7-12-1-3-13(4-2-12)11-14(25-17(20)21)5-6-15-22-8-9-23-15/h1-4,8-9,14H,5-7,10-11H2,(H3,18,19)(H3,20,21)(H,22,23)/t14-/m1/s1. The Balaban J connectivity index is 1.88. The second-order valence-electron chi connectivity index (χ2n) is 5.66. The fourth-order valence-corrected chi connectivity index (χ4v) is 3.93. The summed E-state index contributed by atoms with van der Waals surface area (Å²) in [4.78, 5) is 7.36. The van der Waals surface area contributed by atoms with Crippen molar-refractivity contribution in [2.45, 2.75) is 30.9 Å². The number of hydrogen-bond donors (Lipinski definition) is 5. The molecule has 0 unspecified atom stereocenters. The molecule has 1 atom stereocenters. The molecule has 2 aromatic rings. The average molecular weight is 377 g/mol. The highest BCUT2D eigenvalue weighted by atomic mass is 32.2. The van der Waals surface area contributed by atoms with Crippen LogP contribution in [0.25, 0.3) is 0 Å². The molecule has 0 aliphatic rings. The minimum atomic E-state index is 0.155. The second-order valence-corrected chi connectivity index (χ2v) is 8.14. The van der Waals surface area contributed by atoms with Crippen molar-refractivity contribution in [2.75, 3.05) is 5.75 Å². The van der Waals surface area contributed by atoms with E-state index in [1.54, 1.807) is 6.20 Å². The first-order valence-electron chi connectivity index (χ1n) is 8.06. The lowest BCUT2D eigenvalue weighted by Crippen LogP contribution is -2.16. The number of aromatic amines is 1. The predicted octanol–water partition coefficient (Wildman–Crippen LogP) is 2.75. The molecule has 0 bridgehead atoms. The summed E-state index contributed by atoms with van der Waals surface area (Å²) < 4.78 is 0. The molecule has 8 heteroatoms. The van der Waals surface area contributed by atoms with Gasteiger partial charge in [0.1, 0.15) is 5.82 Å². The molecule has 1 aromatic carbocycles. The van der Waals surface area contributed by atoms with E-state index in [-0.39, 0.29) is 15.6 Å².